The van der Waals surface area contributed by atoms with Crippen LogP contribution in [0.15, 0.2) is 36.4 Å². The van der Waals surface area contributed by atoms with Crippen LogP contribution in [0.1, 0.15) is 67.4 Å². The molecule has 1 fully saturated rings. The molecule has 3 heterocycles. The Hall–Kier alpha value is -2.60. The second kappa shape index (κ2) is 8.32. The van der Waals surface area contributed by atoms with E-state index in [0.29, 0.717) is 12.2 Å². The van der Waals surface area contributed by atoms with Crippen molar-refractivity contribution in [2.75, 3.05) is 4.90 Å². The Balaban J connectivity index is 1.59. The Morgan fingerprint density at radius 2 is 1.91 bits per heavy atom. The fraction of sp³-hybridized carbons (Fsp3) is 0.481. The number of fused-ring (bicyclic) bond motifs is 3. The Morgan fingerprint density at radius 1 is 1.18 bits per heavy atom. The first-order valence-corrected chi connectivity index (χ1v) is 13.0. The quantitative estimate of drug-likeness (QED) is 0.541. The fourth-order valence-corrected chi connectivity index (χ4v) is 6.48. The molecule has 1 aromatic carbocycles. The van der Waals surface area contributed by atoms with Gasteiger partial charge in [0.2, 0.25) is 5.91 Å². The van der Waals surface area contributed by atoms with Crippen molar-refractivity contribution < 1.29 is 9.59 Å². The second-order valence-corrected chi connectivity index (χ2v) is 11.2. The predicted molar refractivity (Wildman–Crippen MR) is 135 cm³/mol. The fourth-order valence-electron chi connectivity index (χ4n) is 5.44. The molecule has 2 aliphatic rings. The zero-order valence-corrected chi connectivity index (χ0v) is 20.8. The lowest BCUT2D eigenvalue weighted by molar-refractivity contribution is -0.127. The third-order valence-electron chi connectivity index (χ3n) is 7.57. The van der Waals surface area contributed by atoms with Crippen molar-refractivity contribution in [1.82, 2.24) is 9.88 Å². The van der Waals surface area contributed by atoms with Gasteiger partial charge in [-0.05, 0) is 75.6 Å². The van der Waals surface area contributed by atoms with Crippen molar-refractivity contribution in [1.29, 1.82) is 0 Å². The number of hydrogen-bond donors (Lipinski definition) is 1. The summed E-state index contributed by atoms with van der Waals surface area (Å²) in [5.74, 6) is 0.555. The lowest BCUT2D eigenvalue weighted by Gasteiger charge is -2.45. The molecule has 6 heteroatoms. The van der Waals surface area contributed by atoms with Crippen LogP contribution in [0.25, 0.3) is 10.2 Å². The highest BCUT2D eigenvalue weighted by atomic mass is 32.1. The van der Waals surface area contributed by atoms with Gasteiger partial charge in [-0.1, -0.05) is 32.0 Å². The molecule has 0 bridgehead atoms. The van der Waals surface area contributed by atoms with Crippen LogP contribution in [-0.4, -0.2) is 28.0 Å². The van der Waals surface area contributed by atoms with Crippen LogP contribution in [0.2, 0.25) is 0 Å². The lowest BCUT2D eigenvalue weighted by Crippen LogP contribution is -2.65. The van der Waals surface area contributed by atoms with Gasteiger partial charge in [-0.25, -0.2) is 0 Å². The van der Waals surface area contributed by atoms with Gasteiger partial charge < -0.3 is 9.88 Å². The van der Waals surface area contributed by atoms with Gasteiger partial charge in [0.05, 0.1) is 16.8 Å². The van der Waals surface area contributed by atoms with Gasteiger partial charge in [0.1, 0.15) is 11.2 Å². The van der Waals surface area contributed by atoms with E-state index < -0.39 is 5.54 Å². The Bertz CT molecular complexity index is 1220. The molecule has 1 aliphatic heterocycles. The number of hydrogen-bond acceptors (Lipinski definition) is 3. The molecule has 1 N–H and O–H groups in total. The minimum atomic E-state index is -1.01. The first-order chi connectivity index (χ1) is 15.8. The number of aryl methyl sites for hydroxylation is 2. The molecule has 1 atom stereocenters. The number of para-hydroxylation sites is 1. The normalized spacial score (nSPS) is 25.3. The van der Waals surface area contributed by atoms with Crippen LogP contribution in [-0.2, 0) is 17.8 Å². The zero-order valence-electron chi connectivity index (χ0n) is 20.0. The van der Waals surface area contributed by atoms with Crippen molar-refractivity contribution in [2.24, 2.45) is 5.92 Å². The first kappa shape index (κ1) is 22.2. The summed E-state index contributed by atoms with van der Waals surface area (Å²) in [5, 5.41) is 3.33. The largest absolute Gasteiger partial charge is 0.351 e. The Labute approximate surface area is 199 Å². The van der Waals surface area contributed by atoms with E-state index >= 15 is 0 Å². The van der Waals surface area contributed by atoms with E-state index in [-0.39, 0.29) is 17.9 Å². The van der Waals surface area contributed by atoms with Gasteiger partial charge in [-0.2, -0.15) is 0 Å². The molecule has 33 heavy (non-hydrogen) atoms. The average Bonchev–Trinajstić information content (AvgIpc) is 3.35. The van der Waals surface area contributed by atoms with Crippen molar-refractivity contribution in [3.63, 3.8) is 0 Å². The van der Waals surface area contributed by atoms with Crippen LogP contribution in [0, 0.1) is 12.8 Å². The summed E-state index contributed by atoms with van der Waals surface area (Å²) < 4.78 is 3.19. The van der Waals surface area contributed by atoms with Crippen LogP contribution < -0.4 is 10.2 Å². The lowest BCUT2D eigenvalue weighted by atomic mass is 9.86. The second-order valence-electron chi connectivity index (χ2n) is 10.1. The summed E-state index contributed by atoms with van der Waals surface area (Å²) in [6.45, 7) is 8.81. The van der Waals surface area contributed by atoms with Crippen LogP contribution >= 0.6 is 11.3 Å². The molecule has 174 valence electrons. The standard InChI is InChI=1S/C27H33N3O2S/c1-5-20-14-22-24(33-20)15-23-25(31)30(21-9-7-6-8-18(21)3)27(4,16-29(22)23)26(32)28-19-12-10-17(2)11-13-19/h6-9,14-15,17,19H,5,10-13,16H2,1-4H3,(H,28,32)/t17?,19?,27-/m0/s1. The smallest absolute Gasteiger partial charge is 0.275 e. The van der Waals surface area contributed by atoms with E-state index in [1.807, 2.05) is 44.2 Å². The van der Waals surface area contributed by atoms with Crippen molar-refractivity contribution in [3.8, 4) is 0 Å². The van der Waals surface area contributed by atoms with Gasteiger partial charge in [0.15, 0.2) is 0 Å². The van der Waals surface area contributed by atoms with E-state index in [2.05, 4.69) is 29.8 Å². The summed E-state index contributed by atoms with van der Waals surface area (Å²) in [6, 6.07) is 12.2. The number of nitrogens with zero attached hydrogens (tertiary/aromatic N) is 2. The number of amides is 2. The molecule has 5 nitrogen and oxygen atoms in total. The molecule has 2 amide bonds. The number of rotatable bonds is 4. The van der Waals surface area contributed by atoms with Gasteiger partial charge in [-0.3, -0.25) is 14.5 Å². The summed E-state index contributed by atoms with van der Waals surface area (Å²) >= 11 is 1.74. The van der Waals surface area contributed by atoms with Gasteiger partial charge >= 0.3 is 0 Å². The van der Waals surface area contributed by atoms with Crippen molar-refractivity contribution in [3.05, 3.63) is 52.5 Å². The molecule has 0 radical (unpaired) electrons. The number of thiophene rings is 1. The van der Waals surface area contributed by atoms with Crippen molar-refractivity contribution in [2.45, 2.75) is 77.9 Å². The maximum Gasteiger partial charge on any atom is 0.275 e. The number of benzene rings is 1. The summed E-state index contributed by atoms with van der Waals surface area (Å²) in [5.41, 5.74) is 2.52. The third kappa shape index (κ3) is 3.68. The molecule has 1 aliphatic carbocycles. The molecular formula is C27H33N3O2S. The molecule has 5 rings (SSSR count). The number of carbonyl (C=O) groups excluding carboxylic acids is 2. The number of carbonyl (C=O) groups is 2. The topological polar surface area (TPSA) is 54.3 Å². The highest BCUT2D eigenvalue weighted by Crippen LogP contribution is 2.39. The molecule has 1 saturated carbocycles. The molecule has 0 unspecified atom stereocenters. The van der Waals surface area contributed by atoms with Gasteiger partial charge in [-0.15, -0.1) is 11.3 Å². The highest BCUT2D eigenvalue weighted by Gasteiger charge is 2.49. The first-order valence-electron chi connectivity index (χ1n) is 12.1. The summed E-state index contributed by atoms with van der Waals surface area (Å²) in [6.07, 6.45) is 5.25. The number of anilines is 1. The van der Waals surface area contributed by atoms with E-state index in [4.69, 9.17) is 0 Å². The van der Waals surface area contributed by atoms with E-state index in [9.17, 15) is 9.59 Å². The molecule has 3 aromatic rings. The molecule has 2 aromatic heterocycles. The molecular weight excluding hydrogens is 430 g/mol. The number of aromatic nitrogens is 1. The number of nitrogens with one attached hydrogen (secondary N) is 1. The van der Waals surface area contributed by atoms with E-state index in [1.54, 1.807) is 16.2 Å². The van der Waals surface area contributed by atoms with E-state index in [0.717, 1.165) is 59.5 Å². The monoisotopic (exact) mass is 463 g/mol. The maximum absolute atomic E-state index is 14.0. The van der Waals surface area contributed by atoms with Gasteiger partial charge in [0.25, 0.3) is 5.91 Å². The third-order valence-corrected chi connectivity index (χ3v) is 8.78. The van der Waals surface area contributed by atoms with Gasteiger partial charge in [0, 0.05) is 16.6 Å². The summed E-state index contributed by atoms with van der Waals surface area (Å²) in [4.78, 5) is 31.0. The zero-order chi connectivity index (χ0) is 23.3. The Morgan fingerprint density at radius 3 is 2.61 bits per heavy atom. The van der Waals surface area contributed by atoms with E-state index in [1.165, 1.54) is 4.88 Å². The van der Waals surface area contributed by atoms with Crippen LogP contribution in [0.4, 0.5) is 5.69 Å². The maximum atomic E-state index is 14.0. The van der Waals surface area contributed by atoms with Crippen LogP contribution in [0.3, 0.4) is 0 Å². The average molecular weight is 464 g/mol. The van der Waals surface area contributed by atoms with Crippen molar-refractivity contribution >= 4 is 39.1 Å². The molecule has 0 saturated heterocycles. The minimum Gasteiger partial charge on any atom is -0.351 e. The summed E-state index contributed by atoms with van der Waals surface area (Å²) in [7, 11) is 0. The Kier molecular flexibility index (Phi) is 5.60. The SMILES string of the molecule is CCc1cc2c(cc3n2C[C@@](C)(C(=O)NC2CCC(C)CC2)N(c2ccccc2C)C3=O)s1. The highest BCUT2D eigenvalue weighted by molar-refractivity contribution is 7.19. The minimum absolute atomic E-state index is 0.0582. The molecule has 0 spiro atoms. The van der Waals surface area contributed by atoms with Crippen LogP contribution in [0.5, 0.6) is 0 Å². The predicted octanol–water partition coefficient (Wildman–Crippen LogP) is 5.69.